The molecule has 3 N–H and O–H groups in total. The van der Waals surface area contributed by atoms with Crippen LogP contribution in [0.25, 0.3) is 27.8 Å². The number of nitrogens with two attached hydrogens (primary N) is 1. The topological polar surface area (TPSA) is 107 Å². The van der Waals surface area contributed by atoms with E-state index in [2.05, 4.69) is 27.0 Å². The van der Waals surface area contributed by atoms with Gasteiger partial charge in [-0.1, -0.05) is 49.0 Å². The first kappa shape index (κ1) is 22.8. The number of hydrogen-bond acceptors (Lipinski definition) is 6. The first-order valence-corrected chi connectivity index (χ1v) is 11.3. The molecule has 0 spiro atoms. The van der Waals surface area contributed by atoms with E-state index in [1.807, 2.05) is 79.9 Å². The number of carbonyl (C=O) groups excluding carboxylic acids is 1. The van der Waals surface area contributed by atoms with Crippen LogP contribution < -0.4 is 15.8 Å². The van der Waals surface area contributed by atoms with Crippen LogP contribution in [0.1, 0.15) is 11.3 Å². The molecular weight excluding hydrogens is 452 g/mol. The van der Waals surface area contributed by atoms with Crippen LogP contribution in [0, 0.1) is 6.92 Å². The number of pyridine rings is 1. The molecule has 0 fully saturated rings. The van der Waals surface area contributed by atoms with Gasteiger partial charge in [0.15, 0.2) is 5.82 Å². The van der Waals surface area contributed by atoms with E-state index in [4.69, 9.17) is 10.5 Å². The number of rotatable bonds is 7. The van der Waals surface area contributed by atoms with E-state index in [0.717, 1.165) is 39.0 Å². The Labute approximate surface area is 208 Å². The third-order valence-electron chi connectivity index (χ3n) is 5.75. The van der Waals surface area contributed by atoms with Crippen molar-refractivity contribution >= 4 is 17.2 Å². The van der Waals surface area contributed by atoms with Gasteiger partial charge in [-0.3, -0.25) is 4.79 Å². The highest BCUT2D eigenvalue weighted by atomic mass is 16.5. The van der Waals surface area contributed by atoms with Crippen molar-refractivity contribution in [3.63, 3.8) is 0 Å². The molecule has 36 heavy (non-hydrogen) atoms. The standard InChI is InChI=1S/C28H24N6O2/c1-3-24(35)30-15-19-7-9-20(10-8-19)23-16-34-27(28(29)31-17-32-34)26(23)21-11-13-22(14-12-21)36-25-6-4-5-18(2)33-25/h3-14,16-17H,1,15H2,2H3,(H,30,35)(H2,29,31,32). The average molecular weight is 477 g/mol. The second-order valence-electron chi connectivity index (χ2n) is 8.22. The van der Waals surface area contributed by atoms with E-state index in [1.165, 1.54) is 12.4 Å². The molecule has 0 atom stereocenters. The highest BCUT2D eigenvalue weighted by Crippen LogP contribution is 2.39. The zero-order chi connectivity index (χ0) is 25.1. The van der Waals surface area contributed by atoms with Gasteiger partial charge in [-0.15, -0.1) is 0 Å². The number of anilines is 1. The molecule has 3 aromatic heterocycles. The van der Waals surface area contributed by atoms with Crippen LogP contribution in [-0.2, 0) is 11.3 Å². The summed E-state index contributed by atoms with van der Waals surface area (Å²) in [6.45, 7) is 5.82. The van der Waals surface area contributed by atoms with Crippen molar-refractivity contribution in [2.45, 2.75) is 13.5 Å². The lowest BCUT2D eigenvalue weighted by Gasteiger charge is -2.10. The molecule has 2 aromatic carbocycles. The molecule has 0 unspecified atom stereocenters. The summed E-state index contributed by atoms with van der Waals surface area (Å²) >= 11 is 0. The Morgan fingerprint density at radius 3 is 2.56 bits per heavy atom. The van der Waals surface area contributed by atoms with Crippen LogP contribution in [0.2, 0.25) is 0 Å². The molecule has 3 heterocycles. The van der Waals surface area contributed by atoms with Gasteiger partial charge in [0, 0.05) is 35.6 Å². The van der Waals surface area contributed by atoms with Gasteiger partial charge in [0.1, 0.15) is 17.6 Å². The molecule has 0 saturated heterocycles. The molecule has 8 heteroatoms. The average Bonchev–Trinajstić information content (AvgIpc) is 3.29. The van der Waals surface area contributed by atoms with Crippen molar-refractivity contribution in [1.82, 2.24) is 24.9 Å². The second-order valence-corrected chi connectivity index (χ2v) is 8.22. The van der Waals surface area contributed by atoms with E-state index < -0.39 is 0 Å². The largest absolute Gasteiger partial charge is 0.439 e. The van der Waals surface area contributed by atoms with Crippen LogP contribution in [0.15, 0.2) is 91.9 Å². The number of nitrogen functional groups attached to an aromatic ring is 1. The lowest BCUT2D eigenvalue weighted by atomic mass is 9.97. The summed E-state index contributed by atoms with van der Waals surface area (Å²) in [5.74, 6) is 1.40. The van der Waals surface area contributed by atoms with Crippen molar-refractivity contribution < 1.29 is 9.53 Å². The summed E-state index contributed by atoms with van der Waals surface area (Å²) in [5, 5.41) is 7.15. The van der Waals surface area contributed by atoms with Crippen molar-refractivity contribution in [3.05, 3.63) is 103 Å². The fourth-order valence-corrected chi connectivity index (χ4v) is 3.99. The zero-order valence-electron chi connectivity index (χ0n) is 19.7. The van der Waals surface area contributed by atoms with Crippen LogP contribution >= 0.6 is 0 Å². The maximum absolute atomic E-state index is 11.5. The number of aryl methyl sites for hydroxylation is 1. The highest BCUT2D eigenvalue weighted by molar-refractivity contribution is 5.98. The minimum Gasteiger partial charge on any atom is -0.439 e. The third kappa shape index (κ3) is 4.65. The van der Waals surface area contributed by atoms with Gasteiger partial charge in [0.05, 0.1) is 0 Å². The number of nitrogens with one attached hydrogen (secondary N) is 1. The molecule has 0 aliphatic carbocycles. The predicted molar refractivity (Wildman–Crippen MR) is 139 cm³/mol. The molecule has 0 aliphatic rings. The van der Waals surface area contributed by atoms with E-state index in [0.29, 0.717) is 24.0 Å². The Morgan fingerprint density at radius 1 is 1.08 bits per heavy atom. The van der Waals surface area contributed by atoms with Crippen molar-refractivity contribution in [2.24, 2.45) is 0 Å². The van der Waals surface area contributed by atoms with Crippen LogP contribution in [0.5, 0.6) is 11.6 Å². The van der Waals surface area contributed by atoms with Crippen LogP contribution in [-0.4, -0.2) is 25.5 Å². The van der Waals surface area contributed by atoms with Gasteiger partial charge < -0.3 is 15.8 Å². The second kappa shape index (κ2) is 9.71. The Balaban J connectivity index is 1.51. The number of aromatic nitrogens is 4. The molecule has 0 bridgehead atoms. The van der Waals surface area contributed by atoms with Crippen LogP contribution in [0.4, 0.5) is 5.82 Å². The first-order chi connectivity index (χ1) is 17.5. The lowest BCUT2D eigenvalue weighted by Crippen LogP contribution is -2.19. The highest BCUT2D eigenvalue weighted by Gasteiger charge is 2.18. The van der Waals surface area contributed by atoms with Crippen molar-refractivity contribution in [2.75, 3.05) is 5.73 Å². The molecular formula is C28H24N6O2. The van der Waals surface area contributed by atoms with Gasteiger partial charge in [-0.25, -0.2) is 14.5 Å². The monoisotopic (exact) mass is 476 g/mol. The van der Waals surface area contributed by atoms with E-state index >= 15 is 0 Å². The number of nitrogens with zero attached hydrogens (tertiary/aromatic N) is 4. The normalized spacial score (nSPS) is 10.8. The number of hydrogen-bond donors (Lipinski definition) is 2. The molecule has 5 aromatic rings. The van der Waals surface area contributed by atoms with Gasteiger partial charge >= 0.3 is 0 Å². The number of ether oxygens (including phenoxy) is 1. The third-order valence-corrected chi connectivity index (χ3v) is 5.75. The Kier molecular flexibility index (Phi) is 6.15. The maximum atomic E-state index is 11.5. The quantitative estimate of drug-likeness (QED) is 0.322. The molecule has 5 rings (SSSR count). The van der Waals surface area contributed by atoms with E-state index in [9.17, 15) is 4.79 Å². The number of carbonyl (C=O) groups is 1. The maximum Gasteiger partial charge on any atom is 0.243 e. The number of amides is 1. The van der Waals surface area contributed by atoms with Crippen LogP contribution in [0.3, 0.4) is 0 Å². The Hall–Kier alpha value is -4.98. The first-order valence-electron chi connectivity index (χ1n) is 11.3. The molecule has 0 saturated carbocycles. The molecule has 0 radical (unpaired) electrons. The van der Waals surface area contributed by atoms with Gasteiger partial charge in [-0.05, 0) is 47.9 Å². The van der Waals surface area contributed by atoms with Gasteiger partial charge in [0.25, 0.3) is 0 Å². The SMILES string of the molecule is C=CC(=O)NCc1ccc(-c2cn3ncnc(N)c3c2-c2ccc(Oc3cccc(C)n3)cc2)cc1. The predicted octanol–water partition coefficient (Wildman–Crippen LogP) is 4.94. The van der Waals surface area contributed by atoms with Crippen molar-refractivity contribution in [3.8, 4) is 33.9 Å². The molecule has 0 aliphatic heterocycles. The van der Waals surface area contributed by atoms with Gasteiger partial charge in [0.2, 0.25) is 11.8 Å². The smallest absolute Gasteiger partial charge is 0.243 e. The molecule has 178 valence electrons. The number of benzene rings is 2. The Bertz CT molecular complexity index is 1560. The zero-order valence-corrected chi connectivity index (χ0v) is 19.7. The summed E-state index contributed by atoms with van der Waals surface area (Å²) in [6, 6.07) is 21.4. The summed E-state index contributed by atoms with van der Waals surface area (Å²) in [6.07, 6.45) is 4.64. The summed E-state index contributed by atoms with van der Waals surface area (Å²) in [4.78, 5) is 20.1. The fourth-order valence-electron chi connectivity index (χ4n) is 3.99. The minimum atomic E-state index is -0.209. The van der Waals surface area contributed by atoms with Crippen molar-refractivity contribution in [1.29, 1.82) is 0 Å². The fraction of sp³-hybridized carbons (Fsp3) is 0.0714. The minimum absolute atomic E-state index is 0.209. The summed E-state index contributed by atoms with van der Waals surface area (Å²) in [7, 11) is 0. The molecule has 8 nitrogen and oxygen atoms in total. The van der Waals surface area contributed by atoms with E-state index in [-0.39, 0.29) is 5.91 Å². The summed E-state index contributed by atoms with van der Waals surface area (Å²) in [5.41, 5.74) is 12.7. The van der Waals surface area contributed by atoms with E-state index in [1.54, 1.807) is 4.52 Å². The Morgan fingerprint density at radius 2 is 1.83 bits per heavy atom. The lowest BCUT2D eigenvalue weighted by molar-refractivity contribution is -0.116. The number of fused-ring (bicyclic) bond motifs is 1. The molecule has 1 amide bonds. The van der Waals surface area contributed by atoms with Gasteiger partial charge in [-0.2, -0.15) is 5.10 Å². The summed E-state index contributed by atoms with van der Waals surface area (Å²) < 4.78 is 7.66.